The standard InChI is InChI=1S/C27H28FN5O2/c1-19-26-24(21-6-8-23(35-2)9-7-21)10-11-29-27(26)33(30-19)18-25(34)32-14-12-31(13-15-32)17-20-4-3-5-22(28)16-20/h3-11,16H,12-15,17-18H2,1-2H3. The van der Waals surface area contributed by atoms with Gasteiger partial charge >= 0.3 is 0 Å². The Bertz CT molecular complexity index is 1340. The molecule has 4 aromatic rings. The molecule has 0 atom stereocenters. The molecule has 2 aromatic carbocycles. The zero-order valence-electron chi connectivity index (χ0n) is 19.9. The molecule has 2 aromatic heterocycles. The Labute approximate surface area is 203 Å². The number of carbonyl (C=O) groups is 1. The molecule has 5 rings (SSSR count). The van der Waals surface area contributed by atoms with E-state index in [2.05, 4.69) is 15.0 Å². The highest BCUT2D eigenvalue weighted by molar-refractivity contribution is 5.95. The van der Waals surface area contributed by atoms with Crippen LogP contribution in [0.25, 0.3) is 22.2 Å². The van der Waals surface area contributed by atoms with Gasteiger partial charge in [0.25, 0.3) is 0 Å². The average molecular weight is 474 g/mol. The maximum Gasteiger partial charge on any atom is 0.244 e. The SMILES string of the molecule is COc1ccc(-c2ccnc3c2c(C)nn3CC(=O)N2CCN(Cc3cccc(F)c3)CC2)cc1. The minimum atomic E-state index is -0.221. The normalized spacial score (nSPS) is 14.4. The number of aromatic nitrogens is 3. The second-order valence-corrected chi connectivity index (χ2v) is 8.82. The summed E-state index contributed by atoms with van der Waals surface area (Å²) in [4.78, 5) is 21.8. The van der Waals surface area contributed by atoms with Crippen molar-refractivity contribution in [2.45, 2.75) is 20.0 Å². The summed E-state index contributed by atoms with van der Waals surface area (Å²) in [7, 11) is 1.65. The average Bonchev–Trinajstić information content (AvgIpc) is 3.19. The number of benzene rings is 2. The van der Waals surface area contributed by atoms with E-state index in [1.54, 1.807) is 30.1 Å². The van der Waals surface area contributed by atoms with Gasteiger partial charge in [0, 0.05) is 44.3 Å². The fraction of sp³-hybridized carbons (Fsp3) is 0.296. The van der Waals surface area contributed by atoms with Gasteiger partial charge < -0.3 is 9.64 Å². The molecular weight excluding hydrogens is 445 g/mol. The van der Waals surface area contributed by atoms with Crippen LogP contribution in [0.3, 0.4) is 0 Å². The van der Waals surface area contributed by atoms with Crippen molar-refractivity contribution in [2.24, 2.45) is 0 Å². The first-order valence-corrected chi connectivity index (χ1v) is 11.7. The minimum absolute atomic E-state index is 0.0245. The molecule has 0 aliphatic carbocycles. The zero-order chi connectivity index (χ0) is 24.4. The van der Waals surface area contributed by atoms with Crippen molar-refractivity contribution in [3.05, 3.63) is 77.9 Å². The molecule has 0 radical (unpaired) electrons. The number of pyridine rings is 1. The second kappa shape index (κ2) is 9.84. The van der Waals surface area contributed by atoms with Crippen LogP contribution in [0.2, 0.25) is 0 Å². The maximum absolute atomic E-state index is 13.5. The number of hydrogen-bond donors (Lipinski definition) is 0. The molecule has 0 N–H and O–H groups in total. The molecule has 7 nitrogen and oxygen atoms in total. The van der Waals surface area contributed by atoms with E-state index in [1.807, 2.05) is 48.2 Å². The lowest BCUT2D eigenvalue weighted by molar-refractivity contribution is -0.133. The van der Waals surface area contributed by atoms with Crippen molar-refractivity contribution in [1.29, 1.82) is 0 Å². The number of ether oxygens (including phenoxy) is 1. The summed E-state index contributed by atoms with van der Waals surface area (Å²) < 4.78 is 20.5. The molecule has 8 heteroatoms. The first-order valence-electron chi connectivity index (χ1n) is 11.7. The van der Waals surface area contributed by atoms with E-state index in [0.717, 1.165) is 46.6 Å². The van der Waals surface area contributed by atoms with Crippen molar-refractivity contribution in [3.8, 4) is 16.9 Å². The van der Waals surface area contributed by atoms with Crippen molar-refractivity contribution in [2.75, 3.05) is 33.3 Å². The number of aryl methyl sites for hydroxylation is 1. The fourth-order valence-corrected chi connectivity index (χ4v) is 4.68. The Morgan fingerprint density at radius 1 is 1.06 bits per heavy atom. The number of nitrogens with zero attached hydrogens (tertiary/aromatic N) is 5. The highest BCUT2D eigenvalue weighted by atomic mass is 19.1. The van der Waals surface area contributed by atoms with Gasteiger partial charge in [0.1, 0.15) is 18.1 Å². The molecule has 3 heterocycles. The fourth-order valence-electron chi connectivity index (χ4n) is 4.68. The van der Waals surface area contributed by atoms with Crippen LogP contribution in [0.1, 0.15) is 11.3 Å². The Balaban J connectivity index is 1.28. The van der Waals surface area contributed by atoms with Gasteiger partial charge in [0.15, 0.2) is 5.65 Å². The summed E-state index contributed by atoms with van der Waals surface area (Å²) in [5.41, 5.74) is 4.56. The van der Waals surface area contributed by atoms with E-state index in [1.165, 1.54) is 6.07 Å². The zero-order valence-corrected chi connectivity index (χ0v) is 19.9. The summed E-state index contributed by atoms with van der Waals surface area (Å²) in [6.45, 7) is 5.55. The first kappa shape index (κ1) is 23.0. The number of amides is 1. The maximum atomic E-state index is 13.5. The van der Waals surface area contributed by atoms with Gasteiger partial charge in [-0.3, -0.25) is 9.69 Å². The quantitative estimate of drug-likeness (QED) is 0.425. The van der Waals surface area contributed by atoms with E-state index < -0.39 is 0 Å². The smallest absolute Gasteiger partial charge is 0.244 e. The van der Waals surface area contributed by atoms with E-state index in [-0.39, 0.29) is 18.3 Å². The van der Waals surface area contributed by atoms with E-state index >= 15 is 0 Å². The largest absolute Gasteiger partial charge is 0.497 e. The summed E-state index contributed by atoms with van der Waals surface area (Å²) in [5.74, 6) is 0.603. The van der Waals surface area contributed by atoms with Crippen LogP contribution in [-0.2, 0) is 17.9 Å². The molecule has 1 amide bonds. The highest BCUT2D eigenvalue weighted by Gasteiger charge is 2.23. The molecule has 180 valence electrons. The molecule has 0 saturated carbocycles. The van der Waals surface area contributed by atoms with Crippen LogP contribution in [0.4, 0.5) is 4.39 Å². The number of hydrogen-bond acceptors (Lipinski definition) is 5. The molecule has 0 bridgehead atoms. The number of fused-ring (bicyclic) bond motifs is 1. The van der Waals surface area contributed by atoms with Gasteiger partial charge in [-0.25, -0.2) is 14.1 Å². The Kier molecular flexibility index (Phi) is 6.46. The Hall–Kier alpha value is -3.78. The van der Waals surface area contributed by atoms with Gasteiger partial charge in [0.2, 0.25) is 5.91 Å². The molecular formula is C27H28FN5O2. The third-order valence-corrected chi connectivity index (χ3v) is 6.51. The van der Waals surface area contributed by atoms with Crippen molar-refractivity contribution in [1.82, 2.24) is 24.6 Å². The Morgan fingerprint density at radius 2 is 1.83 bits per heavy atom. The lowest BCUT2D eigenvalue weighted by atomic mass is 10.0. The van der Waals surface area contributed by atoms with Crippen LogP contribution in [0.5, 0.6) is 5.75 Å². The number of halogens is 1. The van der Waals surface area contributed by atoms with E-state index in [9.17, 15) is 9.18 Å². The first-order chi connectivity index (χ1) is 17.0. The highest BCUT2D eigenvalue weighted by Crippen LogP contribution is 2.31. The number of methoxy groups -OCH3 is 1. The number of carbonyl (C=O) groups excluding carboxylic acids is 1. The predicted molar refractivity (Wildman–Crippen MR) is 133 cm³/mol. The van der Waals surface area contributed by atoms with Crippen LogP contribution < -0.4 is 4.74 Å². The van der Waals surface area contributed by atoms with Crippen LogP contribution in [-0.4, -0.2) is 63.8 Å². The Morgan fingerprint density at radius 3 is 2.54 bits per heavy atom. The van der Waals surface area contributed by atoms with Gasteiger partial charge in [0.05, 0.1) is 12.8 Å². The lowest BCUT2D eigenvalue weighted by Crippen LogP contribution is -2.49. The molecule has 1 saturated heterocycles. The lowest BCUT2D eigenvalue weighted by Gasteiger charge is -2.34. The molecule has 1 fully saturated rings. The molecule has 0 spiro atoms. The number of rotatable bonds is 6. The van der Waals surface area contributed by atoms with Gasteiger partial charge in [-0.05, 0) is 53.9 Å². The summed E-state index contributed by atoms with van der Waals surface area (Å²) in [5, 5.41) is 5.61. The third-order valence-electron chi connectivity index (χ3n) is 6.51. The van der Waals surface area contributed by atoms with Crippen molar-refractivity contribution < 1.29 is 13.9 Å². The molecule has 0 unspecified atom stereocenters. The summed E-state index contributed by atoms with van der Waals surface area (Å²) in [6, 6.07) is 16.5. The molecule has 35 heavy (non-hydrogen) atoms. The summed E-state index contributed by atoms with van der Waals surface area (Å²) in [6.07, 6.45) is 1.76. The monoisotopic (exact) mass is 473 g/mol. The predicted octanol–water partition coefficient (Wildman–Crippen LogP) is 3.90. The summed E-state index contributed by atoms with van der Waals surface area (Å²) >= 11 is 0. The minimum Gasteiger partial charge on any atom is -0.497 e. The van der Waals surface area contributed by atoms with Gasteiger partial charge in [-0.15, -0.1) is 0 Å². The van der Waals surface area contributed by atoms with Crippen LogP contribution in [0.15, 0.2) is 60.8 Å². The van der Waals surface area contributed by atoms with Crippen molar-refractivity contribution in [3.63, 3.8) is 0 Å². The van der Waals surface area contributed by atoms with Crippen LogP contribution in [0, 0.1) is 12.7 Å². The van der Waals surface area contributed by atoms with Crippen LogP contribution >= 0.6 is 0 Å². The topological polar surface area (TPSA) is 63.5 Å². The van der Waals surface area contributed by atoms with Gasteiger partial charge in [-0.2, -0.15) is 5.10 Å². The van der Waals surface area contributed by atoms with Crippen molar-refractivity contribution >= 4 is 16.9 Å². The van der Waals surface area contributed by atoms with E-state index in [0.29, 0.717) is 25.3 Å². The van der Waals surface area contributed by atoms with E-state index in [4.69, 9.17) is 4.74 Å². The van der Waals surface area contributed by atoms with Gasteiger partial charge in [-0.1, -0.05) is 24.3 Å². The molecule has 1 aliphatic rings. The third kappa shape index (κ3) is 4.88. The second-order valence-electron chi connectivity index (χ2n) is 8.82. The number of piperazine rings is 1. The molecule has 1 aliphatic heterocycles.